The minimum absolute atomic E-state index is 0.875. The van der Waals surface area contributed by atoms with Crippen LogP contribution in [0, 0.1) is 0 Å². The van der Waals surface area contributed by atoms with Crippen LogP contribution >= 0.6 is 0 Å². The van der Waals surface area contributed by atoms with Gasteiger partial charge in [-0.15, -0.1) is 0 Å². The molecule has 300 valence electrons. The van der Waals surface area contributed by atoms with Crippen molar-refractivity contribution in [3.8, 4) is 55.6 Å². The molecule has 0 amide bonds. The van der Waals surface area contributed by atoms with E-state index in [9.17, 15) is 0 Å². The highest BCUT2D eigenvalue weighted by atomic mass is 16.3. The maximum Gasteiger partial charge on any atom is 0.143 e. The Balaban J connectivity index is 1.04. The van der Waals surface area contributed by atoms with Gasteiger partial charge in [-0.2, -0.15) is 0 Å². The van der Waals surface area contributed by atoms with Gasteiger partial charge in [0.05, 0.1) is 5.69 Å². The normalized spacial score (nSPS) is 11.4. The molecule has 64 heavy (non-hydrogen) atoms. The van der Waals surface area contributed by atoms with Crippen LogP contribution in [-0.2, 0) is 0 Å². The Morgan fingerprint density at radius 1 is 0.281 bits per heavy atom. The standard InChI is InChI=1S/C62H41NO/c1-3-16-42(17-4-1)48-38-49(43-18-5-2-6-19-43)40-50(39-48)44-32-35-51(36-33-44)63(52-24-13-23-47(41-52)54-28-14-22-45-20-7-9-25-53(45)54)59-30-12-11-27-56(59)57-29-15-31-60-61(57)58-37-34-46-21-8-10-26-55(46)62(58)64-60/h1-41H. The molecule has 12 rings (SSSR count). The van der Waals surface area contributed by atoms with E-state index in [1.54, 1.807) is 0 Å². The monoisotopic (exact) mass is 815 g/mol. The summed E-state index contributed by atoms with van der Waals surface area (Å²) in [5.41, 5.74) is 16.7. The molecule has 11 aromatic carbocycles. The van der Waals surface area contributed by atoms with Gasteiger partial charge in [0.15, 0.2) is 0 Å². The van der Waals surface area contributed by atoms with Gasteiger partial charge in [-0.3, -0.25) is 0 Å². The van der Waals surface area contributed by atoms with Gasteiger partial charge >= 0.3 is 0 Å². The van der Waals surface area contributed by atoms with Gasteiger partial charge in [0, 0.05) is 33.1 Å². The van der Waals surface area contributed by atoms with Gasteiger partial charge in [0.25, 0.3) is 0 Å². The van der Waals surface area contributed by atoms with Crippen LogP contribution in [-0.4, -0.2) is 0 Å². The van der Waals surface area contributed by atoms with Crippen LogP contribution in [0.3, 0.4) is 0 Å². The van der Waals surface area contributed by atoms with E-state index in [0.717, 1.165) is 66.6 Å². The van der Waals surface area contributed by atoms with Crippen molar-refractivity contribution in [2.24, 2.45) is 0 Å². The molecule has 1 aromatic heterocycles. The number of benzene rings is 11. The SMILES string of the molecule is c1ccc(-c2cc(-c3ccccc3)cc(-c3ccc(N(c4cccc(-c5cccc6ccccc56)c4)c4ccccc4-c4cccc5oc6c7ccccc7ccc6c45)cc3)c2)cc1. The van der Waals surface area contributed by atoms with E-state index in [0.29, 0.717) is 0 Å². The topological polar surface area (TPSA) is 16.4 Å². The zero-order chi connectivity index (χ0) is 42.4. The van der Waals surface area contributed by atoms with E-state index in [-0.39, 0.29) is 0 Å². The minimum atomic E-state index is 0.875. The second-order valence-electron chi connectivity index (χ2n) is 16.5. The number of furan rings is 1. The maximum absolute atomic E-state index is 6.71. The smallest absolute Gasteiger partial charge is 0.143 e. The third kappa shape index (κ3) is 6.61. The lowest BCUT2D eigenvalue weighted by molar-refractivity contribution is 0.673. The van der Waals surface area contributed by atoms with E-state index in [4.69, 9.17) is 4.42 Å². The Hall–Kier alpha value is -8.46. The van der Waals surface area contributed by atoms with Gasteiger partial charge in [-0.05, 0) is 127 Å². The first-order chi connectivity index (χ1) is 31.7. The van der Waals surface area contributed by atoms with Crippen LogP contribution in [0.15, 0.2) is 253 Å². The molecule has 0 aliphatic rings. The van der Waals surface area contributed by atoms with Crippen LogP contribution in [0.4, 0.5) is 17.1 Å². The summed E-state index contributed by atoms with van der Waals surface area (Å²) < 4.78 is 6.71. The fraction of sp³-hybridized carbons (Fsp3) is 0. The lowest BCUT2D eigenvalue weighted by atomic mass is 9.93. The number of hydrogen-bond acceptors (Lipinski definition) is 2. The van der Waals surface area contributed by atoms with Crippen molar-refractivity contribution in [1.82, 2.24) is 0 Å². The number of nitrogens with zero attached hydrogens (tertiary/aromatic N) is 1. The summed E-state index contributed by atoms with van der Waals surface area (Å²) in [5, 5.41) is 6.97. The fourth-order valence-corrected chi connectivity index (χ4v) is 9.58. The molecular formula is C62H41NO. The Kier molecular flexibility index (Phi) is 9.20. The van der Waals surface area contributed by atoms with E-state index < -0.39 is 0 Å². The molecule has 0 radical (unpaired) electrons. The summed E-state index contributed by atoms with van der Waals surface area (Å²) in [4.78, 5) is 2.42. The lowest BCUT2D eigenvalue weighted by Crippen LogP contribution is -2.11. The predicted molar refractivity (Wildman–Crippen MR) is 271 cm³/mol. The lowest BCUT2D eigenvalue weighted by Gasteiger charge is -2.29. The van der Waals surface area contributed by atoms with Crippen molar-refractivity contribution in [3.63, 3.8) is 0 Å². The van der Waals surface area contributed by atoms with Crippen molar-refractivity contribution in [3.05, 3.63) is 249 Å². The summed E-state index contributed by atoms with van der Waals surface area (Å²) in [6.45, 7) is 0. The molecule has 0 saturated carbocycles. The zero-order valence-electron chi connectivity index (χ0n) is 35.0. The van der Waals surface area contributed by atoms with Gasteiger partial charge in [0.1, 0.15) is 11.2 Å². The van der Waals surface area contributed by atoms with E-state index in [2.05, 4.69) is 254 Å². The first-order valence-electron chi connectivity index (χ1n) is 21.9. The summed E-state index contributed by atoms with van der Waals surface area (Å²) in [5.74, 6) is 0. The van der Waals surface area contributed by atoms with E-state index in [1.165, 1.54) is 49.5 Å². The fourth-order valence-electron chi connectivity index (χ4n) is 9.58. The number of fused-ring (bicyclic) bond motifs is 6. The first kappa shape index (κ1) is 37.3. The quantitative estimate of drug-likeness (QED) is 0.152. The molecular weight excluding hydrogens is 775 g/mol. The third-order valence-corrected chi connectivity index (χ3v) is 12.6. The molecule has 2 nitrogen and oxygen atoms in total. The Morgan fingerprint density at radius 3 is 1.55 bits per heavy atom. The molecule has 0 spiro atoms. The minimum Gasteiger partial charge on any atom is -0.455 e. The van der Waals surface area contributed by atoms with Crippen molar-refractivity contribution in [2.75, 3.05) is 4.90 Å². The van der Waals surface area contributed by atoms with Crippen molar-refractivity contribution >= 4 is 60.5 Å². The average molecular weight is 816 g/mol. The molecule has 0 atom stereocenters. The molecule has 0 N–H and O–H groups in total. The number of hydrogen-bond donors (Lipinski definition) is 0. The molecule has 0 saturated heterocycles. The predicted octanol–water partition coefficient (Wildman–Crippen LogP) is 17.7. The highest BCUT2D eigenvalue weighted by molar-refractivity contribution is 6.19. The molecule has 0 fully saturated rings. The third-order valence-electron chi connectivity index (χ3n) is 12.6. The van der Waals surface area contributed by atoms with Gasteiger partial charge in [-0.1, -0.05) is 188 Å². The summed E-state index contributed by atoms with van der Waals surface area (Å²) >= 11 is 0. The van der Waals surface area contributed by atoms with Crippen LogP contribution in [0.1, 0.15) is 0 Å². The number of rotatable bonds is 8. The molecule has 0 unspecified atom stereocenters. The van der Waals surface area contributed by atoms with Crippen LogP contribution in [0.2, 0.25) is 0 Å². The highest BCUT2D eigenvalue weighted by Gasteiger charge is 2.22. The Bertz CT molecular complexity index is 3600. The van der Waals surface area contributed by atoms with E-state index in [1.807, 2.05) is 0 Å². The van der Waals surface area contributed by atoms with Crippen LogP contribution in [0.25, 0.3) is 99.1 Å². The Labute approximate surface area is 372 Å². The van der Waals surface area contributed by atoms with Crippen LogP contribution in [0.5, 0.6) is 0 Å². The highest BCUT2D eigenvalue weighted by Crippen LogP contribution is 2.47. The average Bonchev–Trinajstić information content (AvgIpc) is 3.77. The molecule has 0 bridgehead atoms. The van der Waals surface area contributed by atoms with Gasteiger partial charge in [0.2, 0.25) is 0 Å². The zero-order valence-corrected chi connectivity index (χ0v) is 35.0. The molecule has 1 heterocycles. The second-order valence-corrected chi connectivity index (χ2v) is 16.5. The van der Waals surface area contributed by atoms with Crippen molar-refractivity contribution in [2.45, 2.75) is 0 Å². The molecule has 0 aliphatic carbocycles. The van der Waals surface area contributed by atoms with Gasteiger partial charge < -0.3 is 9.32 Å². The summed E-state index contributed by atoms with van der Waals surface area (Å²) in [6.07, 6.45) is 0. The molecule has 12 aromatic rings. The number of para-hydroxylation sites is 1. The Morgan fingerprint density at radius 2 is 0.812 bits per heavy atom. The number of anilines is 3. The van der Waals surface area contributed by atoms with Crippen molar-refractivity contribution < 1.29 is 4.42 Å². The molecule has 0 aliphatic heterocycles. The van der Waals surface area contributed by atoms with E-state index >= 15 is 0 Å². The maximum atomic E-state index is 6.71. The largest absolute Gasteiger partial charge is 0.455 e. The van der Waals surface area contributed by atoms with Crippen molar-refractivity contribution in [1.29, 1.82) is 0 Å². The summed E-state index contributed by atoms with van der Waals surface area (Å²) in [6, 6.07) is 89.7. The summed E-state index contributed by atoms with van der Waals surface area (Å²) in [7, 11) is 0. The second kappa shape index (κ2) is 15.8. The van der Waals surface area contributed by atoms with Gasteiger partial charge in [-0.25, -0.2) is 0 Å². The molecule has 2 heteroatoms. The first-order valence-corrected chi connectivity index (χ1v) is 21.9. The van der Waals surface area contributed by atoms with Crippen LogP contribution < -0.4 is 4.90 Å².